The maximum absolute atomic E-state index is 14.6. The van der Waals surface area contributed by atoms with Gasteiger partial charge in [0, 0.05) is 38.0 Å². The van der Waals surface area contributed by atoms with E-state index in [0.717, 1.165) is 31.7 Å². The molecule has 2 bridgehead atoms. The van der Waals surface area contributed by atoms with Crippen molar-refractivity contribution in [2.24, 2.45) is 70.0 Å². The van der Waals surface area contributed by atoms with Crippen molar-refractivity contribution < 1.29 is 11.0 Å². The number of carbonyl (C=O) groups excluding carboxylic acids is 2. The SMILES string of the molecule is [2H]C(C)([C@@H]1CCC(C)C(C)(C)[C@H]1[C@H](C)N1C(=O)[C@@H]2[C@H]3C(C)C(C)C([C@@H]2C1=O)C3(C)C)[C@@H]1CN(c2nsc3cccc(C)c23)CC(C)N1C. The van der Waals surface area contributed by atoms with Gasteiger partial charge in [0.2, 0.25) is 11.8 Å². The third-order valence-corrected chi connectivity index (χ3v) is 16.3. The summed E-state index contributed by atoms with van der Waals surface area (Å²) in [6.07, 6.45) is 1.99. The van der Waals surface area contributed by atoms with Gasteiger partial charge in [0.1, 0.15) is 0 Å². The number of hydrogen-bond donors (Lipinski definition) is 0. The number of amides is 2. The molecule has 3 aliphatic carbocycles. The minimum atomic E-state index is -0.815. The van der Waals surface area contributed by atoms with E-state index in [1.54, 1.807) is 16.4 Å². The second kappa shape index (κ2) is 11.3. The predicted molar refractivity (Wildman–Crippen MR) is 193 cm³/mol. The highest BCUT2D eigenvalue weighted by Gasteiger charge is 2.73. The van der Waals surface area contributed by atoms with Gasteiger partial charge in [-0.3, -0.25) is 19.4 Å². The number of imide groups is 1. The van der Waals surface area contributed by atoms with Crippen LogP contribution in [0.4, 0.5) is 5.82 Å². The lowest BCUT2D eigenvalue weighted by atomic mass is 9.53. The number of likely N-dealkylation sites (tertiary alicyclic amines) is 1. The van der Waals surface area contributed by atoms with Crippen molar-refractivity contribution in [3.05, 3.63) is 23.8 Å². The lowest BCUT2D eigenvalue weighted by molar-refractivity contribution is -0.150. The van der Waals surface area contributed by atoms with Crippen molar-refractivity contribution in [1.29, 1.82) is 0 Å². The second-order valence-electron chi connectivity index (χ2n) is 18.0. The van der Waals surface area contributed by atoms with Gasteiger partial charge in [-0.15, -0.1) is 0 Å². The normalized spacial score (nSPS) is 42.1. The average Bonchev–Trinajstić information content (AvgIpc) is 3.66. The van der Waals surface area contributed by atoms with Crippen molar-refractivity contribution in [2.75, 3.05) is 25.0 Å². The summed E-state index contributed by atoms with van der Waals surface area (Å²) in [5.74, 6) is 1.90. The molecule has 13 atom stereocenters. The number of piperazine rings is 1. The van der Waals surface area contributed by atoms with Crippen LogP contribution < -0.4 is 4.90 Å². The molecule has 3 saturated carbocycles. The molecule has 7 rings (SSSR count). The molecule has 5 aliphatic rings. The van der Waals surface area contributed by atoms with E-state index in [4.69, 9.17) is 4.37 Å². The maximum atomic E-state index is 14.6. The molecule has 258 valence electrons. The van der Waals surface area contributed by atoms with Crippen LogP contribution in [0.2, 0.25) is 0 Å². The summed E-state index contributed by atoms with van der Waals surface area (Å²) in [5, 5.41) is 1.24. The van der Waals surface area contributed by atoms with Crippen molar-refractivity contribution in [2.45, 2.75) is 107 Å². The summed E-state index contributed by atoms with van der Waals surface area (Å²) in [6, 6.07) is 6.42. The summed E-state index contributed by atoms with van der Waals surface area (Å²) in [7, 11) is 2.20. The van der Waals surface area contributed by atoms with Crippen LogP contribution in [0.1, 0.15) is 89.0 Å². The number of hydrogen-bond acceptors (Lipinski definition) is 6. The van der Waals surface area contributed by atoms with Gasteiger partial charge in [0.05, 0.1) is 16.5 Å². The van der Waals surface area contributed by atoms with Crippen molar-refractivity contribution >= 4 is 39.3 Å². The van der Waals surface area contributed by atoms with Crippen LogP contribution in [-0.2, 0) is 9.59 Å². The summed E-state index contributed by atoms with van der Waals surface area (Å²) in [5.41, 5.74) is 1.11. The van der Waals surface area contributed by atoms with E-state index in [-0.39, 0.29) is 76.3 Å². The Labute approximate surface area is 289 Å². The molecule has 0 radical (unpaired) electrons. The van der Waals surface area contributed by atoms with Gasteiger partial charge in [-0.25, -0.2) is 0 Å². The fraction of sp³-hybridized carbons (Fsp3) is 0.775. The van der Waals surface area contributed by atoms with Crippen LogP contribution in [0.25, 0.3) is 10.1 Å². The van der Waals surface area contributed by atoms with E-state index < -0.39 is 5.89 Å². The number of benzene rings is 1. The number of anilines is 1. The predicted octanol–water partition coefficient (Wildman–Crippen LogP) is 7.99. The highest BCUT2D eigenvalue weighted by Crippen LogP contribution is 2.70. The van der Waals surface area contributed by atoms with Crippen LogP contribution in [0.5, 0.6) is 0 Å². The number of fused-ring (bicyclic) bond motifs is 6. The molecule has 0 spiro atoms. The topological polar surface area (TPSA) is 56.8 Å². The third kappa shape index (κ3) is 4.60. The monoisotopic (exact) mass is 661 g/mol. The molecular weight excluding hydrogens is 601 g/mol. The first-order valence-electron chi connectivity index (χ1n) is 19.0. The molecular formula is C40H60N4O2S. The van der Waals surface area contributed by atoms with E-state index in [9.17, 15) is 11.0 Å². The lowest BCUT2D eigenvalue weighted by Gasteiger charge is -2.56. The fourth-order valence-electron chi connectivity index (χ4n) is 12.6. The minimum absolute atomic E-state index is 0.00499. The summed E-state index contributed by atoms with van der Waals surface area (Å²) >= 11 is 1.57. The van der Waals surface area contributed by atoms with Gasteiger partial charge in [-0.1, -0.05) is 67.5 Å². The van der Waals surface area contributed by atoms with Gasteiger partial charge in [-0.2, -0.15) is 4.37 Å². The molecule has 6 nitrogen and oxygen atoms in total. The number of rotatable bonds is 5. The summed E-state index contributed by atoms with van der Waals surface area (Å²) in [6.45, 7) is 26.7. The highest BCUT2D eigenvalue weighted by atomic mass is 32.1. The summed E-state index contributed by atoms with van der Waals surface area (Å²) < 4.78 is 16.6. The molecule has 7 heteroatoms. The molecule has 2 amide bonds. The summed E-state index contributed by atoms with van der Waals surface area (Å²) in [4.78, 5) is 35.8. The van der Waals surface area contributed by atoms with E-state index >= 15 is 0 Å². The van der Waals surface area contributed by atoms with Crippen molar-refractivity contribution in [3.8, 4) is 0 Å². The largest absolute Gasteiger partial charge is 0.352 e. The molecule has 5 fully saturated rings. The number of likely N-dealkylation sites (N-methyl/N-ethyl adjacent to an activating group) is 1. The quantitative estimate of drug-likeness (QED) is 0.304. The van der Waals surface area contributed by atoms with Gasteiger partial charge in [0.25, 0.3) is 0 Å². The standard InChI is InChI=1S/C40H60N4O2S/c1-20-14-13-15-29-30(20)36(41-47-29)43-18-22(3)42(12)28(19-43)25(6)27-17-16-21(2)39(8,9)35(27)26(7)44-37(45)31-32(38(44)46)34-24(5)23(4)33(31)40(34,10)11/h13-15,21-28,31-35H,16-19H2,1-12H3/t21?,22?,23?,24?,25?,26-,27-,28-,31-,32+,33+,34?,35-/m0/s1/i25D. The molecule has 2 saturated heterocycles. The second-order valence-corrected chi connectivity index (χ2v) is 18.8. The van der Waals surface area contributed by atoms with E-state index in [1.165, 1.54) is 15.6 Å². The lowest BCUT2D eigenvalue weighted by Crippen LogP contribution is -2.62. The van der Waals surface area contributed by atoms with E-state index in [0.29, 0.717) is 17.8 Å². The number of aromatic nitrogens is 1. The smallest absolute Gasteiger partial charge is 0.233 e. The first kappa shape index (κ1) is 32.2. The van der Waals surface area contributed by atoms with Crippen molar-refractivity contribution in [1.82, 2.24) is 14.2 Å². The zero-order chi connectivity index (χ0) is 35.0. The molecule has 6 unspecified atom stereocenters. The van der Waals surface area contributed by atoms with Crippen LogP contribution in [0.15, 0.2) is 18.2 Å². The Kier molecular flexibility index (Phi) is 7.72. The first-order valence-corrected chi connectivity index (χ1v) is 19.3. The Morgan fingerprint density at radius 1 is 0.936 bits per heavy atom. The first-order chi connectivity index (χ1) is 22.3. The van der Waals surface area contributed by atoms with E-state index in [2.05, 4.69) is 111 Å². The highest BCUT2D eigenvalue weighted by molar-refractivity contribution is 7.13. The van der Waals surface area contributed by atoms with E-state index in [1.807, 2.05) is 0 Å². The Bertz CT molecular complexity index is 1580. The third-order valence-electron chi connectivity index (χ3n) is 15.5. The van der Waals surface area contributed by atoms with Gasteiger partial charge < -0.3 is 4.90 Å². The van der Waals surface area contributed by atoms with Crippen LogP contribution in [0.3, 0.4) is 0 Å². The zero-order valence-electron chi connectivity index (χ0n) is 32.0. The zero-order valence-corrected chi connectivity index (χ0v) is 31.8. The maximum Gasteiger partial charge on any atom is 0.233 e. The number of nitrogens with zero attached hydrogens (tertiary/aromatic N) is 4. The Morgan fingerprint density at radius 3 is 2.17 bits per heavy atom. The molecule has 2 aromatic rings. The number of aryl methyl sites for hydroxylation is 1. The fourth-order valence-corrected chi connectivity index (χ4v) is 13.4. The number of carbonyl (C=O) groups is 2. The van der Waals surface area contributed by atoms with Gasteiger partial charge in [0.15, 0.2) is 5.82 Å². The molecule has 0 N–H and O–H groups in total. The molecule has 47 heavy (non-hydrogen) atoms. The molecule has 3 heterocycles. The Hall–Kier alpha value is -1.99. The Balaban J connectivity index is 1.23. The van der Waals surface area contributed by atoms with Crippen molar-refractivity contribution in [3.63, 3.8) is 0 Å². The molecule has 1 aromatic carbocycles. The van der Waals surface area contributed by atoms with Gasteiger partial charge in [-0.05, 0) is 122 Å². The minimum Gasteiger partial charge on any atom is -0.352 e. The van der Waals surface area contributed by atoms with Crippen LogP contribution in [-0.4, -0.2) is 64.3 Å². The molecule has 2 aliphatic heterocycles. The molecule has 1 aromatic heterocycles. The van der Waals surface area contributed by atoms with Crippen LogP contribution in [0, 0.1) is 76.9 Å². The van der Waals surface area contributed by atoms with Gasteiger partial charge >= 0.3 is 0 Å². The average molecular weight is 662 g/mol. The van der Waals surface area contributed by atoms with Crippen LogP contribution >= 0.6 is 11.5 Å². The Morgan fingerprint density at radius 2 is 1.55 bits per heavy atom.